The summed E-state index contributed by atoms with van der Waals surface area (Å²) in [4.78, 5) is 7.31. The van der Waals surface area contributed by atoms with Crippen molar-refractivity contribution >= 4 is 45.6 Å². The van der Waals surface area contributed by atoms with E-state index in [9.17, 15) is 8.42 Å². The number of methoxy groups -OCH3 is 1. The third-order valence-electron chi connectivity index (χ3n) is 4.90. The van der Waals surface area contributed by atoms with Gasteiger partial charge in [0.1, 0.15) is 0 Å². The number of piperidine rings is 1. The quantitative estimate of drug-likeness (QED) is 0.224. The molecule has 0 amide bonds. The Labute approximate surface area is 202 Å². The molecule has 0 atom stereocenters. The number of benzene rings is 2. The zero-order valence-corrected chi connectivity index (χ0v) is 20.9. The molecule has 1 fully saturated rings. The Kier molecular flexibility index (Phi) is 10.7. The summed E-state index contributed by atoms with van der Waals surface area (Å²) in [6.07, 6.45) is 3.54. The third kappa shape index (κ3) is 8.06. The highest BCUT2D eigenvalue weighted by Crippen LogP contribution is 2.15. The first-order chi connectivity index (χ1) is 14.6. The predicted octanol–water partition coefficient (Wildman–Crippen LogP) is 3.68. The maximum absolute atomic E-state index is 12.5. The van der Waals surface area contributed by atoms with Crippen LogP contribution >= 0.6 is 24.0 Å². The molecular formula is C22H31IN4O3S. The molecule has 2 aromatic rings. The van der Waals surface area contributed by atoms with Gasteiger partial charge in [0.2, 0.25) is 10.0 Å². The van der Waals surface area contributed by atoms with Crippen LogP contribution in [0.2, 0.25) is 0 Å². The van der Waals surface area contributed by atoms with Gasteiger partial charge in [-0.2, -0.15) is 0 Å². The van der Waals surface area contributed by atoms with Gasteiger partial charge >= 0.3 is 0 Å². The van der Waals surface area contributed by atoms with Gasteiger partial charge in [-0.1, -0.05) is 30.3 Å². The Morgan fingerprint density at radius 2 is 1.81 bits per heavy atom. The van der Waals surface area contributed by atoms with Crippen LogP contribution < -0.4 is 10.0 Å². The van der Waals surface area contributed by atoms with E-state index in [-0.39, 0.29) is 35.4 Å². The number of ether oxygens (including phenoxy) is 1. The van der Waals surface area contributed by atoms with Crippen LogP contribution in [0.3, 0.4) is 0 Å². The van der Waals surface area contributed by atoms with E-state index in [0.29, 0.717) is 13.2 Å². The van der Waals surface area contributed by atoms with Gasteiger partial charge in [0.15, 0.2) is 5.96 Å². The van der Waals surface area contributed by atoms with Gasteiger partial charge in [0, 0.05) is 32.4 Å². The summed E-state index contributed by atoms with van der Waals surface area (Å²) >= 11 is 0. The number of guanidine groups is 1. The first kappa shape index (κ1) is 25.6. The minimum absolute atomic E-state index is 0. The van der Waals surface area contributed by atoms with E-state index < -0.39 is 10.0 Å². The van der Waals surface area contributed by atoms with Crippen molar-refractivity contribution in [3.8, 4) is 0 Å². The highest BCUT2D eigenvalue weighted by atomic mass is 127. The maximum Gasteiger partial charge on any atom is 0.240 e. The molecule has 0 aromatic heterocycles. The van der Waals surface area contributed by atoms with Gasteiger partial charge in [-0.05, 0) is 49.1 Å². The standard InChI is InChI=1S/C22H30N4O3S.HI/c1-29-16-13-24-30(27,28)21-12-8-9-19(17-21)18-23-22(26-14-6-3-7-15-26)25-20-10-4-2-5-11-20;/h2,4-5,8-12,17,24H,3,6-7,13-16,18H2,1H3,(H,23,25);1H. The number of hydrogen-bond acceptors (Lipinski definition) is 4. The number of hydrogen-bond donors (Lipinski definition) is 2. The highest BCUT2D eigenvalue weighted by Gasteiger charge is 2.16. The fourth-order valence-corrected chi connectivity index (χ4v) is 4.40. The molecule has 9 heteroatoms. The lowest BCUT2D eigenvalue weighted by molar-refractivity contribution is 0.204. The fraction of sp³-hybridized carbons (Fsp3) is 0.409. The Hall–Kier alpha value is -1.69. The molecule has 1 aliphatic heterocycles. The van der Waals surface area contributed by atoms with Crippen LogP contribution in [0.1, 0.15) is 24.8 Å². The molecule has 7 nitrogen and oxygen atoms in total. The average Bonchev–Trinajstić information content (AvgIpc) is 2.78. The number of halogens is 1. The molecule has 170 valence electrons. The van der Waals surface area contributed by atoms with Crippen LogP contribution in [0.5, 0.6) is 0 Å². The van der Waals surface area contributed by atoms with E-state index in [1.54, 1.807) is 18.2 Å². The molecule has 31 heavy (non-hydrogen) atoms. The van der Waals surface area contributed by atoms with Gasteiger partial charge in [-0.25, -0.2) is 18.1 Å². The third-order valence-corrected chi connectivity index (χ3v) is 6.36. The first-order valence-corrected chi connectivity index (χ1v) is 11.8. The Morgan fingerprint density at radius 1 is 1.06 bits per heavy atom. The number of likely N-dealkylation sites (tertiary alicyclic amines) is 1. The Morgan fingerprint density at radius 3 is 2.52 bits per heavy atom. The second kappa shape index (κ2) is 13.0. The highest BCUT2D eigenvalue weighted by molar-refractivity contribution is 14.0. The van der Waals surface area contributed by atoms with E-state index in [0.717, 1.165) is 43.1 Å². The van der Waals surface area contributed by atoms with Crippen molar-refractivity contribution in [2.24, 2.45) is 4.99 Å². The summed E-state index contributed by atoms with van der Waals surface area (Å²) in [5.41, 5.74) is 1.83. The topological polar surface area (TPSA) is 83.0 Å². The van der Waals surface area contributed by atoms with Gasteiger partial charge < -0.3 is 15.0 Å². The molecule has 0 bridgehead atoms. The number of nitrogens with zero attached hydrogens (tertiary/aromatic N) is 2. The number of nitrogens with one attached hydrogen (secondary N) is 2. The number of aliphatic imine (C=N–C) groups is 1. The number of para-hydroxylation sites is 1. The van der Waals surface area contributed by atoms with Gasteiger partial charge in [0.05, 0.1) is 18.0 Å². The van der Waals surface area contributed by atoms with E-state index in [2.05, 4.69) is 14.9 Å². The molecule has 0 unspecified atom stereocenters. The van der Waals surface area contributed by atoms with Crippen molar-refractivity contribution < 1.29 is 13.2 Å². The summed E-state index contributed by atoms with van der Waals surface area (Å²) in [5.74, 6) is 0.826. The van der Waals surface area contributed by atoms with Crippen LogP contribution in [0.25, 0.3) is 0 Å². The maximum atomic E-state index is 12.5. The van der Waals surface area contributed by atoms with Gasteiger partial charge in [-0.15, -0.1) is 24.0 Å². The van der Waals surface area contributed by atoms with Crippen LogP contribution in [-0.4, -0.2) is 52.6 Å². The predicted molar refractivity (Wildman–Crippen MR) is 136 cm³/mol. The van der Waals surface area contributed by atoms with Crippen molar-refractivity contribution in [2.75, 3.05) is 38.7 Å². The molecular weight excluding hydrogens is 527 g/mol. The average molecular weight is 558 g/mol. The molecule has 0 radical (unpaired) electrons. The molecule has 0 spiro atoms. The normalized spacial score (nSPS) is 14.7. The summed E-state index contributed by atoms with van der Waals surface area (Å²) in [6, 6.07) is 16.9. The summed E-state index contributed by atoms with van der Waals surface area (Å²) < 4.78 is 32.4. The first-order valence-electron chi connectivity index (χ1n) is 10.3. The molecule has 1 saturated heterocycles. The lowest BCUT2D eigenvalue weighted by atomic mass is 10.1. The molecule has 1 heterocycles. The zero-order valence-electron chi connectivity index (χ0n) is 17.8. The van der Waals surface area contributed by atoms with Crippen LogP contribution in [0, 0.1) is 0 Å². The second-order valence-electron chi connectivity index (χ2n) is 7.22. The van der Waals surface area contributed by atoms with Gasteiger partial charge in [-0.3, -0.25) is 0 Å². The van der Waals surface area contributed by atoms with E-state index in [1.807, 2.05) is 36.4 Å². The minimum Gasteiger partial charge on any atom is -0.383 e. The van der Waals surface area contributed by atoms with E-state index >= 15 is 0 Å². The number of anilines is 1. The number of sulfonamides is 1. The van der Waals surface area contributed by atoms with Crippen molar-refractivity contribution in [3.05, 3.63) is 60.2 Å². The smallest absolute Gasteiger partial charge is 0.240 e. The van der Waals surface area contributed by atoms with Crippen molar-refractivity contribution in [1.29, 1.82) is 0 Å². The Balaban J connectivity index is 0.00000341. The molecule has 3 rings (SSSR count). The molecule has 0 aliphatic carbocycles. The largest absolute Gasteiger partial charge is 0.383 e. The molecule has 1 aliphatic rings. The molecule has 2 N–H and O–H groups in total. The summed E-state index contributed by atoms with van der Waals surface area (Å²) in [6.45, 7) is 2.90. The Bertz CT molecular complexity index is 933. The van der Waals surface area contributed by atoms with Gasteiger partial charge in [0.25, 0.3) is 0 Å². The van der Waals surface area contributed by atoms with Crippen LogP contribution in [-0.2, 0) is 21.3 Å². The zero-order chi connectivity index (χ0) is 21.2. The van der Waals surface area contributed by atoms with E-state index in [4.69, 9.17) is 9.73 Å². The second-order valence-corrected chi connectivity index (χ2v) is 8.98. The van der Waals surface area contributed by atoms with Crippen LogP contribution in [0.4, 0.5) is 5.69 Å². The van der Waals surface area contributed by atoms with Crippen molar-refractivity contribution in [2.45, 2.75) is 30.7 Å². The fourth-order valence-electron chi connectivity index (χ4n) is 3.31. The minimum atomic E-state index is -3.57. The lowest BCUT2D eigenvalue weighted by Crippen LogP contribution is -2.40. The monoisotopic (exact) mass is 558 g/mol. The summed E-state index contributed by atoms with van der Waals surface area (Å²) in [7, 11) is -2.03. The van der Waals surface area contributed by atoms with Crippen LogP contribution in [0.15, 0.2) is 64.5 Å². The SMILES string of the molecule is COCCNS(=O)(=O)c1cccc(CN=C(Nc2ccccc2)N2CCCCC2)c1.I. The lowest BCUT2D eigenvalue weighted by Gasteiger charge is -2.30. The van der Waals surface area contributed by atoms with Crippen molar-refractivity contribution in [1.82, 2.24) is 9.62 Å². The van der Waals surface area contributed by atoms with Crippen molar-refractivity contribution in [3.63, 3.8) is 0 Å². The molecule has 2 aromatic carbocycles. The number of rotatable bonds is 8. The van der Waals surface area contributed by atoms with E-state index in [1.165, 1.54) is 13.5 Å². The summed E-state index contributed by atoms with van der Waals surface area (Å²) in [5, 5.41) is 3.43. The molecule has 0 saturated carbocycles.